The predicted octanol–water partition coefficient (Wildman–Crippen LogP) is 3.00. The van der Waals surface area contributed by atoms with Crippen LogP contribution in [-0.4, -0.2) is 73.1 Å². The van der Waals surface area contributed by atoms with Crippen LogP contribution in [0.15, 0.2) is 29.3 Å². The maximum absolute atomic E-state index is 4.37. The average Bonchev–Trinajstić information content (AvgIpc) is 3.12. The molecule has 0 saturated carbocycles. The normalized spacial score (nSPS) is 24.0. The summed E-state index contributed by atoms with van der Waals surface area (Å²) in [6.07, 6.45) is 2.62. The van der Waals surface area contributed by atoms with Gasteiger partial charge in [0.05, 0.1) is 0 Å². The molecular formula is C21H36IN5S. The van der Waals surface area contributed by atoms with Crippen LogP contribution in [0.4, 0.5) is 0 Å². The Morgan fingerprint density at radius 2 is 1.79 bits per heavy atom. The van der Waals surface area contributed by atoms with Crippen LogP contribution in [0.25, 0.3) is 0 Å². The van der Waals surface area contributed by atoms with Crippen LogP contribution in [-0.2, 0) is 13.1 Å². The average molecular weight is 518 g/mol. The number of nitrogens with zero attached hydrogens (tertiary/aromatic N) is 3. The number of hydrogen-bond acceptors (Lipinski definition) is 4. The van der Waals surface area contributed by atoms with Crippen molar-refractivity contribution in [3.63, 3.8) is 0 Å². The van der Waals surface area contributed by atoms with E-state index in [4.69, 9.17) is 0 Å². The van der Waals surface area contributed by atoms with E-state index >= 15 is 0 Å². The van der Waals surface area contributed by atoms with Gasteiger partial charge < -0.3 is 15.5 Å². The zero-order valence-electron chi connectivity index (χ0n) is 17.5. The SMILES string of the molecule is CN=C(NCc1ccc(CN2CCN(C)CC2)cc1)NCC1(C)CCCS1.I. The van der Waals surface area contributed by atoms with E-state index in [-0.39, 0.29) is 24.0 Å². The molecule has 28 heavy (non-hydrogen) atoms. The summed E-state index contributed by atoms with van der Waals surface area (Å²) in [7, 11) is 4.05. The zero-order valence-corrected chi connectivity index (χ0v) is 20.7. The molecule has 7 heteroatoms. The van der Waals surface area contributed by atoms with Gasteiger partial charge in [-0.15, -0.1) is 24.0 Å². The predicted molar refractivity (Wildman–Crippen MR) is 133 cm³/mol. The molecule has 2 saturated heterocycles. The molecule has 1 aromatic carbocycles. The van der Waals surface area contributed by atoms with Gasteiger partial charge in [-0.1, -0.05) is 24.3 Å². The van der Waals surface area contributed by atoms with E-state index < -0.39 is 0 Å². The Morgan fingerprint density at radius 3 is 2.39 bits per heavy atom. The van der Waals surface area contributed by atoms with Gasteiger partial charge in [-0.25, -0.2) is 0 Å². The highest BCUT2D eigenvalue weighted by molar-refractivity contribution is 14.0. The number of thioether (sulfide) groups is 1. The summed E-state index contributed by atoms with van der Waals surface area (Å²) in [5, 5.41) is 6.94. The maximum atomic E-state index is 4.37. The third-order valence-corrected chi connectivity index (χ3v) is 7.18. The van der Waals surface area contributed by atoms with E-state index in [0.29, 0.717) is 4.75 Å². The minimum Gasteiger partial charge on any atom is -0.355 e. The fourth-order valence-electron chi connectivity index (χ4n) is 3.68. The molecule has 2 N–H and O–H groups in total. The van der Waals surface area contributed by atoms with Crippen LogP contribution in [0.5, 0.6) is 0 Å². The van der Waals surface area contributed by atoms with E-state index in [2.05, 4.69) is 75.4 Å². The zero-order chi connectivity index (χ0) is 19.1. The van der Waals surface area contributed by atoms with Gasteiger partial charge in [0.2, 0.25) is 0 Å². The van der Waals surface area contributed by atoms with Gasteiger partial charge in [0.25, 0.3) is 0 Å². The molecule has 1 atom stereocenters. The molecule has 0 aromatic heterocycles. The van der Waals surface area contributed by atoms with Crippen LogP contribution in [0, 0.1) is 0 Å². The molecule has 2 aliphatic rings. The molecule has 3 rings (SSSR count). The number of nitrogens with one attached hydrogen (secondary N) is 2. The van der Waals surface area contributed by atoms with Crippen molar-refractivity contribution in [1.82, 2.24) is 20.4 Å². The smallest absolute Gasteiger partial charge is 0.191 e. The third kappa shape index (κ3) is 7.39. The lowest BCUT2D eigenvalue weighted by Gasteiger charge is -2.32. The van der Waals surface area contributed by atoms with Gasteiger partial charge in [0.1, 0.15) is 0 Å². The fourth-order valence-corrected chi connectivity index (χ4v) is 4.92. The van der Waals surface area contributed by atoms with Crippen LogP contribution in [0.1, 0.15) is 30.9 Å². The first kappa shape index (κ1) is 23.8. The first-order valence-electron chi connectivity index (χ1n) is 10.1. The Morgan fingerprint density at radius 1 is 1.11 bits per heavy atom. The minimum atomic E-state index is 0. The van der Waals surface area contributed by atoms with Crippen LogP contribution in [0.2, 0.25) is 0 Å². The van der Waals surface area contributed by atoms with E-state index in [0.717, 1.165) is 25.6 Å². The summed E-state index contributed by atoms with van der Waals surface area (Å²) in [6, 6.07) is 9.00. The van der Waals surface area contributed by atoms with Crippen molar-refractivity contribution in [1.29, 1.82) is 0 Å². The maximum Gasteiger partial charge on any atom is 0.191 e. The number of likely N-dealkylation sites (N-methyl/N-ethyl adjacent to an activating group) is 1. The van der Waals surface area contributed by atoms with E-state index in [1.165, 1.54) is 55.9 Å². The molecule has 0 bridgehead atoms. The summed E-state index contributed by atoms with van der Waals surface area (Å²) in [5.41, 5.74) is 2.69. The standard InChI is InChI=1S/C21H35N5S.HI/c1-21(9-4-14-27-21)17-24-20(22-2)23-15-18-5-7-19(8-6-18)16-26-12-10-25(3)11-13-26;/h5-8H,4,9-17H2,1-3H3,(H2,22,23,24);1H. The van der Waals surface area contributed by atoms with Crippen molar-refractivity contribution in [3.05, 3.63) is 35.4 Å². The summed E-state index contributed by atoms with van der Waals surface area (Å²) in [6.45, 7) is 9.86. The molecule has 0 spiro atoms. The minimum absolute atomic E-state index is 0. The van der Waals surface area contributed by atoms with Crippen LogP contribution >= 0.6 is 35.7 Å². The number of aliphatic imine (C=N–C) groups is 1. The fraction of sp³-hybridized carbons (Fsp3) is 0.667. The van der Waals surface area contributed by atoms with Gasteiger partial charge in [-0.05, 0) is 43.7 Å². The first-order valence-corrected chi connectivity index (χ1v) is 11.1. The second-order valence-corrected chi connectivity index (χ2v) is 9.76. The van der Waals surface area contributed by atoms with Crippen LogP contribution in [0.3, 0.4) is 0 Å². The van der Waals surface area contributed by atoms with Gasteiger partial charge >= 0.3 is 0 Å². The Bertz CT molecular complexity index is 608. The van der Waals surface area contributed by atoms with Gasteiger partial charge in [-0.2, -0.15) is 11.8 Å². The molecule has 2 aliphatic heterocycles. The monoisotopic (exact) mass is 517 g/mol. The highest BCUT2D eigenvalue weighted by atomic mass is 127. The molecule has 2 heterocycles. The third-order valence-electron chi connectivity index (χ3n) is 5.64. The quantitative estimate of drug-likeness (QED) is 0.345. The highest BCUT2D eigenvalue weighted by Crippen LogP contribution is 2.36. The van der Waals surface area contributed by atoms with Gasteiger partial charge in [-0.3, -0.25) is 9.89 Å². The Kier molecular flexibility index (Phi) is 9.86. The molecule has 158 valence electrons. The number of benzene rings is 1. The number of rotatable bonds is 6. The Balaban J connectivity index is 0.00000280. The van der Waals surface area contributed by atoms with Crippen molar-refractivity contribution >= 4 is 41.7 Å². The van der Waals surface area contributed by atoms with Crippen LogP contribution < -0.4 is 10.6 Å². The Labute approximate surface area is 192 Å². The first-order chi connectivity index (χ1) is 13.1. The molecule has 0 radical (unpaired) electrons. The molecule has 1 unspecified atom stereocenters. The van der Waals surface area contributed by atoms with Crippen molar-refractivity contribution < 1.29 is 0 Å². The van der Waals surface area contributed by atoms with Crippen molar-refractivity contribution in [2.24, 2.45) is 4.99 Å². The lowest BCUT2D eigenvalue weighted by Crippen LogP contribution is -2.43. The van der Waals surface area contributed by atoms with E-state index in [1.807, 2.05) is 7.05 Å². The lowest BCUT2D eigenvalue weighted by molar-refractivity contribution is 0.148. The highest BCUT2D eigenvalue weighted by Gasteiger charge is 2.29. The topological polar surface area (TPSA) is 42.9 Å². The number of guanidine groups is 1. The molecule has 2 fully saturated rings. The summed E-state index contributed by atoms with van der Waals surface area (Å²) >= 11 is 2.08. The lowest BCUT2D eigenvalue weighted by atomic mass is 10.1. The van der Waals surface area contributed by atoms with Crippen molar-refractivity contribution in [3.8, 4) is 0 Å². The largest absolute Gasteiger partial charge is 0.355 e. The second-order valence-electron chi connectivity index (χ2n) is 8.08. The molecule has 1 aromatic rings. The Hall–Kier alpha value is -0.510. The van der Waals surface area contributed by atoms with E-state index in [1.54, 1.807) is 0 Å². The number of piperazine rings is 1. The second kappa shape index (κ2) is 11.6. The van der Waals surface area contributed by atoms with Gasteiger partial charge in [0, 0.05) is 57.6 Å². The summed E-state index contributed by atoms with van der Waals surface area (Å²) in [5.74, 6) is 2.18. The molecular weight excluding hydrogens is 481 g/mol. The van der Waals surface area contributed by atoms with Crippen molar-refractivity contribution in [2.75, 3.05) is 52.6 Å². The van der Waals surface area contributed by atoms with Crippen molar-refractivity contribution in [2.45, 2.75) is 37.6 Å². The van der Waals surface area contributed by atoms with Gasteiger partial charge in [0.15, 0.2) is 5.96 Å². The molecule has 0 aliphatic carbocycles. The number of halogens is 1. The number of hydrogen-bond donors (Lipinski definition) is 2. The van der Waals surface area contributed by atoms with E-state index in [9.17, 15) is 0 Å². The molecule has 0 amide bonds. The summed E-state index contributed by atoms with van der Waals surface area (Å²) in [4.78, 5) is 9.31. The summed E-state index contributed by atoms with van der Waals surface area (Å²) < 4.78 is 0.350. The molecule has 5 nitrogen and oxygen atoms in total.